The predicted molar refractivity (Wildman–Crippen MR) is 122 cm³/mol. The van der Waals surface area contributed by atoms with Crippen LogP contribution in [0.3, 0.4) is 0 Å². The lowest BCUT2D eigenvalue weighted by molar-refractivity contribution is -0.117. The van der Waals surface area contributed by atoms with Gasteiger partial charge in [-0.05, 0) is 66.9 Å². The van der Waals surface area contributed by atoms with Crippen LogP contribution >= 0.6 is 0 Å². The van der Waals surface area contributed by atoms with Gasteiger partial charge in [-0.2, -0.15) is 0 Å². The maximum absolute atomic E-state index is 12.4. The van der Waals surface area contributed by atoms with E-state index >= 15 is 0 Å². The second kappa shape index (κ2) is 11.4. The quantitative estimate of drug-likeness (QED) is 0.607. The molecule has 2 amide bonds. The van der Waals surface area contributed by atoms with E-state index in [2.05, 4.69) is 43.5 Å². The summed E-state index contributed by atoms with van der Waals surface area (Å²) in [5.41, 5.74) is 3.96. The molecule has 2 rings (SSSR count). The lowest BCUT2D eigenvalue weighted by atomic mass is 9.98. The number of hydrogen-bond acceptors (Lipinski definition) is 4. The molecule has 2 aromatic carbocycles. The van der Waals surface area contributed by atoms with Crippen molar-refractivity contribution in [2.45, 2.75) is 40.5 Å². The zero-order valence-electron chi connectivity index (χ0n) is 18.6. The largest absolute Gasteiger partial charge is 0.492 e. The molecular weight excluding hydrogens is 378 g/mol. The number of ether oxygens (including phenoxy) is 1. The number of anilines is 2. The summed E-state index contributed by atoms with van der Waals surface area (Å²) >= 11 is 0. The van der Waals surface area contributed by atoms with Crippen LogP contribution < -0.4 is 15.4 Å². The number of amides is 2. The second-order valence-electron chi connectivity index (χ2n) is 7.70. The number of carbonyl (C=O) groups is 2. The Morgan fingerprint density at radius 3 is 2.20 bits per heavy atom. The fraction of sp³-hybridized carbons (Fsp3) is 0.417. The lowest BCUT2D eigenvalue weighted by Gasteiger charge is -2.20. The molecule has 0 spiro atoms. The van der Waals surface area contributed by atoms with Crippen molar-refractivity contribution in [2.24, 2.45) is 0 Å². The maximum atomic E-state index is 12.4. The van der Waals surface area contributed by atoms with Crippen LogP contribution in [0.5, 0.6) is 5.75 Å². The van der Waals surface area contributed by atoms with Crippen molar-refractivity contribution in [1.82, 2.24) is 4.90 Å². The normalized spacial score (nSPS) is 10.9. The molecule has 0 fully saturated rings. The topological polar surface area (TPSA) is 70.7 Å². The van der Waals surface area contributed by atoms with Gasteiger partial charge in [0.05, 0.1) is 6.54 Å². The first-order chi connectivity index (χ1) is 14.3. The van der Waals surface area contributed by atoms with E-state index < -0.39 is 0 Å². The van der Waals surface area contributed by atoms with E-state index in [9.17, 15) is 9.59 Å². The van der Waals surface area contributed by atoms with Crippen molar-refractivity contribution in [3.63, 3.8) is 0 Å². The number of aryl methyl sites for hydroxylation is 1. The molecule has 0 saturated heterocycles. The molecule has 6 nitrogen and oxygen atoms in total. The summed E-state index contributed by atoms with van der Waals surface area (Å²) in [5, 5.41) is 5.59. The van der Waals surface area contributed by atoms with Crippen molar-refractivity contribution < 1.29 is 14.3 Å². The first kappa shape index (κ1) is 23.4. The van der Waals surface area contributed by atoms with E-state index in [0.717, 1.165) is 12.3 Å². The van der Waals surface area contributed by atoms with Gasteiger partial charge in [-0.15, -0.1) is 0 Å². The highest BCUT2D eigenvalue weighted by Gasteiger charge is 2.10. The number of hydrogen-bond donors (Lipinski definition) is 2. The first-order valence-electron chi connectivity index (χ1n) is 10.4. The zero-order chi connectivity index (χ0) is 22.1. The van der Waals surface area contributed by atoms with Gasteiger partial charge in [0.1, 0.15) is 12.4 Å². The molecular formula is C24H33N3O3. The van der Waals surface area contributed by atoms with Gasteiger partial charge < -0.3 is 15.4 Å². The number of rotatable bonds is 10. The third kappa shape index (κ3) is 7.52. The molecule has 0 aliphatic rings. The van der Waals surface area contributed by atoms with Crippen LogP contribution in [0.2, 0.25) is 0 Å². The highest BCUT2D eigenvalue weighted by atomic mass is 16.5. The van der Waals surface area contributed by atoms with Gasteiger partial charge in [-0.25, -0.2) is 0 Å². The van der Waals surface area contributed by atoms with Gasteiger partial charge >= 0.3 is 0 Å². The van der Waals surface area contributed by atoms with Crippen molar-refractivity contribution in [3.05, 3.63) is 53.6 Å². The van der Waals surface area contributed by atoms with Gasteiger partial charge in [-0.1, -0.05) is 26.8 Å². The van der Waals surface area contributed by atoms with Crippen LogP contribution in [0.4, 0.5) is 11.4 Å². The Morgan fingerprint density at radius 2 is 1.67 bits per heavy atom. The van der Waals surface area contributed by atoms with E-state index in [1.54, 1.807) is 24.3 Å². The van der Waals surface area contributed by atoms with Crippen LogP contribution in [-0.2, 0) is 9.59 Å². The van der Waals surface area contributed by atoms with Crippen LogP contribution in [0.1, 0.15) is 44.7 Å². The maximum Gasteiger partial charge on any atom is 0.238 e. The van der Waals surface area contributed by atoms with Crippen LogP contribution in [0.15, 0.2) is 42.5 Å². The summed E-state index contributed by atoms with van der Waals surface area (Å²) in [7, 11) is 0. The fourth-order valence-electron chi connectivity index (χ4n) is 3.27. The Kier molecular flexibility index (Phi) is 8.87. The molecule has 0 atom stereocenters. The number of nitrogens with one attached hydrogen (secondary N) is 2. The Bertz CT molecular complexity index is 847. The van der Waals surface area contributed by atoms with Gasteiger partial charge in [0.25, 0.3) is 0 Å². The first-order valence-corrected chi connectivity index (χ1v) is 10.4. The number of carbonyl (C=O) groups excluding carboxylic acids is 2. The van der Waals surface area contributed by atoms with E-state index in [0.29, 0.717) is 37.0 Å². The SMILES string of the molecule is CCN(CCOc1ccc(C(C)C)c(C)c1)CC(=O)Nc1ccc(NC(C)=O)cc1. The molecule has 0 bridgehead atoms. The third-order valence-corrected chi connectivity index (χ3v) is 4.84. The third-order valence-electron chi connectivity index (χ3n) is 4.84. The van der Waals surface area contributed by atoms with Crippen molar-refractivity contribution in [3.8, 4) is 5.75 Å². The van der Waals surface area contributed by atoms with Crippen molar-refractivity contribution in [1.29, 1.82) is 0 Å². The highest BCUT2D eigenvalue weighted by Crippen LogP contribution is 2.23. The summed E-state index contributed by atoms with van der Waals surface area (Å²) in [6, 6.07) is 13.3. The summed E-state index contributed by atoms with van der Waals surface area (Å²) in [6.07, 6.45) is 0. The molecule has 0 aliphatic carbocycles. The Morgan fingerprint density at radius 1 is 1.03 bits per heavy atom. The monoisotopic (exact) mass is 411 g/mol. The van der Waals surface area contributed by atoms with Crippen LogP contribution in [-0.4, -0.2) is 43.0 Å². The highest BCUT2D eigenvalue weighted by molar-refractivity contribution is 5.93. The van der Waals surface area contributed by atoms with E-state index in [-0.39, 0.29) is 11.8 Å². The molecule has 0 aliphatic heterocycles. The summed E-state index contributed by atoms with van der Waals surface area (Å²) in [5.74, 6) is 1.14. The molecule has 0 radical (unpaired) electrons. The lowest BCUT2D eigenvalue weighted by Crippen LogP contribution is -2.35. The Labute approximate surface area is 179 Å². The second-order valence-corrected chi connectivity index (χ2v) is 7.70. The molecule has 6 heteroatoms. The van der Waals surface area contributed by atoms with Crippen LogP contribution in [0, 0.1) is 6.92 Å². The molecule has 2 N–H and O–H groups in total. The summed E-state index contributed by atoms with van der Waals surface area (Å²) in [4.78, 5) is 25.5. The number of likely N-dealkylation sites (N-methyl/N-ethyl adjacent to an activating group) is 1. The minimum atomic E-state index is -0.126. The smallest absolute Gasteiger partial charge is 0.238 e. The average Bonchev–Trinajstić information content (AvgIpc) is 2.68. The van der Waals surface area contributed by atoms with Crippen LogP contribution in [0.25, 0.3) is 0 Å². The van der Waals surface area contributed by atoms with E-state index in [4.69, 9.17) is 4.74 Å². The van der Waals surface area contributed by atoms with Gasteiger partial charge in [0.15, 0.2) is 0 Å². The van der Waals surface area contributed by atoms with E-state index in [1.807, 2.05) is 17.9 Å². The van der Waals surface area contributed by atoms with Gasteiger partial charge in [0.2, 0.25) is 11.8 Å². The standard InChI is InChI=1S/C24H33N3O3/c1-6-27(13-14-30-22-11-12-23(17(2)3)18(4)15-22)16-24(29)26-21-9-7-20(8-10-21)25-19(5)28/h7-12,15,17H,6,13-14,16H2,1-5H3,(H,25,28)(H,26,29). The van der Waals surface area contributed by atoms with Crippen molar-refractivity contribution in [2.75, 3.05) is 36.9 Å². The number of benzene rings is 2. The molecule has 0 saturated carbocycles. The number of nitrogens with zero attached hydrogens (tertiary/aromatic N) is 1. The van der Waals surface area contributed by atoms with E-state index in [1.165, 1.54) is 18.1 Å². The molecule has 30 heavy (non-hydrogen) atoms. The molecule has 162 valence electrons. The van der Waals surface area contributed by atoms with Gasteiger partial charge in [0, 0.05) is 24.8 Å². The Hall–Kier alpha value is -2.86. The average molecular weight is 412 g/mol. The molecule has 0 heterocycles. The zero-order valence-corrected chi connectivity index (χ0v) is 18.6. The molecule has 0 aromatic heterocycles. The van der Waals surface area contributed by atoms with Crippen molar-refractivity contribution >= 4 is 23.2 Å². The molecule has 2 aromatic rings. The predicted octanol–water partition coefficient (Wildman–Crippen LogP) is 4.42. The minimum absolute atomic E-state index is 0.0822. The Balaban J connectivity index is 1.80. The summed E-state index contributed by atoms with van der Waals surface area (Å²) in [6.45, 7) is 12.2. The minimum Gasteiger partial charge on any atom is -0.492 e. The fourth-order valence-corrected chi connectivity index (χ4v) is 3.27. The van der Waals surface area contributed by atoms with Gasteiger partial charge in [-0.3, -0.25) is 14.5 Å². The summed E-state index contributed by atoms with van der Waals surface area (Å²) < 4.78 is 5.89. The molecule has 0 unspecified atom stereocenters.